The first-order chi connectivity index (χ1) is 12.1. The Morgan fingerprint density at radius 3 is 2.84 bits per heavy atom. The number of carbonyl (C=O) groups is 1. The van der Waals surface area contributed by atoms with Crippen LogP contribution in [0.15, 0.2) is 42.5 Å². The predicted octanol–water partition coefficient (Wildman–Crippen LogP) is 3.63. The predicted molar refractivity (Wildman–Crippen MR) is 88.9 cm³/mol. The fraction of sp³-hybridized carbons (Fsp3) is 0.111. The van der Waals surface area contributed by atoms with Crippen molar-refractivity contribution in [2.75, 3.05) is 19.2 Å². The average molecular weight is 340 g/mol. The molecule has 0 amide bonds. The third kappa shape index (κ3) is 2.80. The van der Waals surface area contributed by atoms with Crippen molar-refractivity contribution in [3.05, 3.63) is 54.0 Å². The highest BCUT2D eigenvalue weighted by atomic mass is 19.1. The molecule has 0 spiro atoms. The van der Waals surface area contributed by atoms with Gasteiger partial charge in [-0.1, -0.05) is 0 Å². The van der Waals surface area contributed by atoms with E-state index < -0.39 is 11.8 Å². The topological polar surface area (TPSA) is 69.7 Å². The zero-order valence-corrected chi connectivity index (χ0v) is 13.2. The Hall–Kier alpha value is -3.35. The Morgan fingerprint density at radius 1 is 1.16 bits per heavy atom. The molecular formula is C18H13FN2O4. The summed E-state index contributed by atoms with van der Waals surface area (Å²) >= 11 is 0. The first-order valence-electron chi connectivity index (χ1n) is 7.49. The van der Waals surface area contributed by atoms with Crippen molar-refractivity contribution in [3.63, 3.8) is 0 Å². The molecule has 0 radical (unpaired) electrons. The molecule has 0 fully saturated rings. The van der Waals surface area contributed by atoms with Gasteiger partial charge in [0.25, 0.3) is 0 Å². The lowest BCUT2D eigenvalue weighted by molar-refractivity contribution is 0.0594. The molecule has 1 aliphatic rings. The molecule has 4 rings (SSSR count). The van der Waals surface area contributed by atoms with Crippen LogP contribution in [0.2, 0.25) is 0 Å². The fourth-order valence-electron chi connectivity index (χ4n) is 2.64. The lowest BCUT2D eigenvalue weighted by Crippen LogP contribution is -2.06. The molecule has 1 N–H and O–H groups in total. The summed E-state index contributed by atoms with van der Waals surface area (Å²) in [4.78, 5) is 16.1. The number of rotatable bonds is 3. The van der Waals surface area contributed by atoms with Crippen LogP contribution in [0.5, 0.6) is 11.5 Å². The van der Waals surface area contributed by atoms with Gasteiger partial charge >= 0.3 is 5.97 Å². The molecule has 1 aliphatic heterocycles. The van der Waals surface area contributed by atoms with E-state index in [9.17, 15) is 9.18 Å². The summed E-state index contributed by atoms with van der Waals surface area (Å²) in [6.07, 6.45) is 0. The second-order valence-corrected chi connectivity index (χ2v) is 5.40. The third-order valence-corrected chi connectivity index (χ3v) is 3.82. The summed E-state index contributed by atoms with van der Waals surface area (Å²) in [6, 6.07) is 11.0. The van der Waals surface area contributed by atoms with Gasteiger partial charge in [0.05, 0.1) is 18.3 Å². The number of hydrogen-bond acceptors (Lipinski definition) is 6. The molecule has 0 bridgehead atoms. The van der Waals surface area contributed by atoms with Gasteiger partial charge in [-0.25, -0.2) is 14.2 Å². The van der Waals surface area contributed by atoms with Crippen molar-refractivity contribution in [3.8, 4) is 11.5 Å². The van der Waals surface area contributed by atoms with Crippen LogP contribution in [-0.4, -0.2) is 24.9 Å². The Morgan fingerprint density at radius 2 is 2.00 bits per heavy atom. The number of ether oxygens (including phenoxy) is 3. The molecule has 1 aromatic heterocycles. The molecule has 2 heterocycles. The van der Waals surface area contributed by atoms with Crippen LogP contribution in [0.4, 0.5) is 15.8 Å². The van der Waals surface area contributed by atoms with E-state index >= 15 is 0 Å². The number of nitrogens with one attached hydrogen (secondary N) is 1. The highest BCUT2D eigenvalue weighted by Gasteiger charge is 2.16. The van der Waals surface area contributed by atoms with Gasteiger partial charge in [0.1, 0.15) is 5.82 Å². The first kappa shape index (κ1) is 15.2. The summed E-state index contributed by atoms with van der Waals surface area (Å²) in [6.45, 7) is 0.175. The molecule has 0 aliphatic carbocycles. The number of anilines is 2. The molecular weight excluding hydrogens is 327 g/mol. The lowest BCUT2D eigenvalue weighted by atomic mass is 10.1. The van der Waals surface area contributed by atoms with E-state index in [4.69, 9.17) is 14.2 Å². The summed E-state index contributed by atoms with van der Waals surface area (Å²) in [5.74, 6) is 0.308. The Bertz CT molecular complexity index is 990. The van der Waals surface area contributed by atoms with Gasteiger partial charge in [0.15, 0.2) is 17.2 Å². The van der Waals surface area contributed by atoms with E-state index in [1.165, 1.54) is 31.4 Å². The van der Waals surface area contributed by atoms with Gasteiger partial charge < -0.3 is 19.5 Å². The van der Waals surface area contributed by atoms with Gasteiger partial charge in [-0.2, -0.15) is 0 Å². The number of pyridine rings is 1. The Kier molecular flexibility index (Phi) is 3.61. The number of methoxy groups -OCH3 is 1. The molecule has 0 saturated heterocycles. The molecule has 25 heavy (non-hydrogen) atoms. The van der Waals surface area contributed by atoms with Gasteiger partial charge in [-0.3, -0.25) is 0 Å². The minimum atomic E-state index is -0.569. The third-order valence-electron chi connectivity index (χ3n) is 3.82. The van der Waals surface area contributed by atoms with Crippen molar-refractivity contribution in [2.24, 2.45) is 0 Å². The second kappa shape index (κ2) is 5.94. The number of esters is 1. The van der Waals surface area contributed by atoms with Crippen molar-refractivity contribution in [2.45, 2.75) is 0 Å². The van der Waals surface area contributed by atoms with E-state index in [-0.39, 0.29) is 12.5 Å². The Labute approximate surface area is 142 Å². The number of aromatic nitrogens is 1. The Balaban J connectivity index is 1.81. The van der Waals surface area contributed by atoms with E-state index in [0.29, 0.717) is 33.8 Å². The average Bonchev–Trinajstić information content (AvgIpc) is 3.09. The van der Waals surface area contributed by atoms with E-state index in [0.717, 1.165) is 0 Å². The van der Waals surface area contributed by atoms with Gasteiger partial charge in [0, 0.05) is 17.1 Å². The molecule has 3 aromatic rings. The summed E-state index contributed by atoms with van der Waals surface area (Å²) in [5, 5.41) is 3.72. The van der Waals surface area contributed by atoms with Crippen LogP contribution >= 0.6 is 0 Å². The zero-order valence-electron chi connectivity index (χ0n) is 13.2. The van der Waals surface area contributed by atoms with Crippen LogP contribution in [0.25, 0.3) is 10.9 Å². The highest BCUT2D eigenvalue weighted by Crippen LogP contribution is 2.36. The van der Waals surface area contributed by atoms with Crippen molar-refractivity contribution in [1.29, 1.82) is 0 Å². The summed E-state index contributed by atoms with van der Waals surface area (Å²) in [5.41, 5.74) is 1.85. The number of nitrogens with zero attached hydrogens (tertiary/aromatic N) is 1. The zero-order chi connectivity index (χ0) is 17.4. The lowest BCUT2D eigenvalue weighted by Gasteiger charge is -2.12. The minimum absolute atomic E-state index is 0.129. The van der Waals surface area contributed by atoms with Crippen molar-refractivity contribution in [1.82, 2.24) is 4.98 Å². The molecule has 7 heteroatoms. The molecule has 0 atom stereocenters. The smallest absolute Gasteiger partial charge is 0.356 e. The van der Waals surface area contributed by atoms with Crippen molar-refractivity contribution >= 4 is 28.2 Å². The first-order valence-corrected chi connectivity index (χ1v) is 7.49. The fourth-order valence-corrected chi connectivity index (χ4v) is 2.64. The SMILES string of the molecule is COC(=O)c1cc(Nc2ccc3c(c2)OCO3)c2cc(F)ccc2n1. The number of carbonyl (C=O) groups excluding carboxylic acids is 1. The number of halogens is 1. The quantitative estimate of drug-likeness (QED) is 0.734. The summed E-state index contributed by atoms with van der Waals surface area (Å²) in [7, 11) is 1.28. The van der Waals surface area contributed by atoms with Crippen LogP contribution in [0.3, 0.4) is 0 Å². The van der Waals surface area contributed by atoms with E-state index in [1.54, 1.807) is 18.2 Å². The standard InChI is InChI=1S/C18H13FN2O4/c1-23-18(22)15-8-14(12-6-10(19)2-4-13(12)21-15)20-11-3-5-16-17(7-11)25-9-24-16/h2-8H,9H2,1H3,(H,20,21). The van der Waals surface area contributed by atoms with Crippen LogP contribution in [-0.2, 0) is 4.74 Å². The van der Waals surface area contributed by atoms with Gasteiger partial charge in [-0.05, 0) is 36.4 Å². The van der Waals surface area contributed by atoms with Gasteiger partial charge in [-0.15, -0.1) is 0 Å². The number of benzene rings is 2. The van der Waals surface area contributed by atoms with Crippen LogP contribution in [0.1, 0.15) is 10.5 Å². The van der Waals surface area contributed by atoms with E-state index in [1.807, 2.05) is 0 Å². The number of hydrogen-bond donors (Lipinski definition) is 1. The minimum Gasteiger partial charge on any atom is -0.464 e. The van der Waals surface area contributed by atoms with Gasteiger partial charge in [0.2, 0.25) is 6.79 Å². The van der Waals surface area contributed by atoms with Crippen LogP contribution in [0, 0.1) is 5.82 Å². The largest absolute Gasteiger partial charge is 0.464 e. The maximum Gasteiger partial charge on any atom is 0.356 e. The maximum atomic E-state index is 13.7. The second-order valence-electron chi connectivity index (χ2n) is 5.40. The normalized spacial score (nSPS) is 12.2. The maximum absolute atomic E-state index is 13.7. The summed E-state index contributed by atoms with van der Waals surface area (Å²) < 4.78 is 29.0. The van der Waals surface area contributed by atoms with Crippen molar-refractivity contribution < 1.29 is 23.4 Å². The molecule has 6 nitrogen and oxygen atoms in total. The van der Waals surface area contributed by atoms with Crippen LogP contribution < -0.4 is 14.8 Å². The monoisotopic (exact) mass is 340 g/mol. The highest BCUT2D eigenvalue weighted by molar-refractivity contribution is 5.98. The van der Waals surface area contributed by atoms with E-state index in [2.05, 4.69) is 10.3 Å². The molecule has 0 saturated carbocycles. The molecule has 126 valence electrons. The molecule has 0 unspecified atom stereocenters. The number of fused-ring (bicyclic) bond motifs is 2. The molecule has 2 aromatic carbocycles.